The summed E-state index contributed by atoms with van der Waals surface area (Å²) in [6, 6.07) is 11.0. The number of benzene rings is 2. The van der Waals surface area contributed by atoms with Crippen LogP contribution in [0.5, 0.6) is 11.5 Å². The van der Waals surface area contributed by atoms with Crippen LogP contribution in [-0.4, -0.2) is 50.3 Å². The van der Waals surface area contributed by atoms with Gasteiger partial charge in [0, 0.05) is 24.7 Å². The standard InChI is InChI=1S/C24H26N2O5/c1-14-5-6-16-10-18(24(28)25-19(16)9-14)23-17-12-21(31-4)20(30-3)11-15(17)7-8-26(23)22(27)13-29-2/h5-6,9-12,23H,7-8,13H2,1-4H3,(H,25,28)/t23-/m1/s1. The first-order valence-electron chi connectivity index (χ1n) is 10.1. The number of aromatic nitrogens is 1. The van der Waals surface area contributed by atoms with Crippen LogP contribution in [0.3, 0.4) is 0 Å². The molecule has 0 bridgehead atoms. The van der Waals surface area contributed by atoms with Crippen molar-refractivity contribution in [1.82, 2.24) is 9.88 Å². The SMILES string of the molecule is COCC(=O)N1CCc2cc(OC)c(OC)cc2[C@@H]1c1cc2ccc(C)cc2[nH]c1=O. The molecule has 0 radical (unpaired) electrons. The second-order valence-corrected chi connectivity index (χ2v) is 7.72. The Bertz CT molecular complexity index is 1200. The topological polar surface area (TPSA) is 80.9 Å². The molecule has 1 N–H and O–H groups in total. The summed E-state index contributed by atoms with van der Waals surface area (Å²) in [6.07, 6.45) is 0.645. The molecule has 0 saturated carbocycles. The van der Waals surface area contributed by atoms with Crippen molar-refractivity contribution in [3.63, 3.8) is 0 Å². The number of carbonyl (C=O) groups excluding carboxylic acids is 1. The average Bonchev–Trinajstić information content (AvgIpc) is 2.77. The highest BCUT2D eigenvalue weighted by molar-refractivity contribution is 5.82. The van der Waals surface area contributed by atoms with Crippen LogP contribution in [0.25, 0.3) is 10.9 Å². The highest BCUT2D eigenvalue weighted by Crippen LogP contribution is 2.40. The quantitative estimate of drug-likeness (QED) is 0.684. The molecule has 0 spiro atoms. The van der Waals surface area contributed by atoms with Gasteiger partial charge in [-0.3, -0.25) is 9.59 Å². The van der Waals surface area contributed by atoms with Gasteiger partial charge < -0.3 is 24.1 Å². The van der Waals surface area contributed by atoms with Gasteiger partial charge in [-0.2, -0.15) is 0 Å². The van der Waals surface area contributed by atoms with Crippen LogP contribution in [0.1, 0.15) is 28.3 Å². The van der Waals surface area contributed by atoms with Crippen LogP contribution in [0, 0.1) is 6.92 Å². The molecule has 1 amide bonds. The number of carbonyl (C=O) groups is 1. The molecule has 1 aliphatic rings. The number of hydrogen-bond acceptors (Lipinski definition) is 5. The molecule has 0 fully saturated rings. The van der Waals surface area contributed by atoms with Crippen molar-refractivity contribution in [3.8, 4) is 11.5 Å². The number of aromatic amines is 1. The lowest BCUT2D eigenvalue weighted by molar-refractivity contribution is -0.137. The molecule has 1 aliphatic heterocycles. The number of nitrogens with one attached hydrogen (secondary N) is 1. The summed E-state index contributed by atoms with van der Waals surface area (Å²) in [6.45, 7) is 2.40. The maximum Gasteiger partial charge on any atom is 0.254 e. The van der Waals surface area contributed by atoms with E-state index in [1.807, 2.05) is 43.3 Å². The lowest BCUT2D eigenvalue weighted by Gasteiger charge is -2.37. The minimum Gasteiger partial charge on any atom is -0.493 e. The van der Waals surface area contributed by atoms with Gasteiger partial charge >= 0.3 is 0 Å². The van der Waals surface area contributed by atoms with E-state index in [0.717, 1.165) is 27.6 Å². The van der Waals surface area contributed by atoms with Gasteiger partial charge in [-0.15, -0.1) is 0 Å². The van der Waals surface area contributed by atoms with E-state index in [-0.39, 0.29) is 18.1 Å². The summed E-state index contributed by atoms with van der Waals surface area (Å²) in [7, 11) is 4.65. The van der Waals surface area contributed by atoms with Crippen LogP contribution in [-0.2, 0) is 16.0 Å². The highest BCUT2D eigenvalue weighted by atomic mass is 16.5. The number of H-pyrrole nitrogens is 1. The zero-order valence-corrected chi connectivity index (χ0v) is 18.2. The fourth-order valence-electron chi connectivity index (χ4n) is 4.29. The molecule has 3 aromatic rings. The molecule has 0 unspecified atom stereocenters. The van der Waals surface area contributed by atoms with E-state index in [0.29, 0.717) is 30.0 Å². The molecule has 162 valence electrons. The summed E-state index contributed by atoms with van der Waals surface area (Å²) < 4.78 is 16.1. The molecular formula is C24H26N2O5. The second-order valence-electron chi connectivity index (χ2n) is 7.72. The first kappa shape index (κ1) is 20.9. The number of hydrogen-bond donors (Lipinski definition) is 1. The van der Waals surface area contributed by atoms with Crippen LogP contribution in [0.2, 0.25) is 0 Å². The molecule has 31 heavy (non-hydrogen) atoms. The van der Waals surface area contributed by atoms with E-state index < -0.39 is 6.04 Å². The Kier molecular flexibility index (Phi) is 5.69. The third-order valence-electron chi connectivity index (χ3n) is 5.79. The van der Waals surface area contributed by atoms with E-state index in [9.17, 15) is 9.59 Å². The van der Waals surface area contributed by atoms with Crippen LogP contribution in [0.15, 0.2) is 41.2 Å². The minimum absolute atomic E-state index is 0.0518. The number of rotatable bonds is 5. The van der Waals surface area contributed by atoms with Crippen molar-refractivity contribution in [2.24, 2.45) is 0 Å². The molecule has 1 atom stereocenters. The fraction of sp³-hybridized carbons (Fsp3) is 0.333. The lowest BCUT2D eigenvalue weighted by atomic mass is 9.87. The Morgan fingerprint density at radius 1 is 1.06 bits per heavy atom. The van der Waals surface area contributed by atoms with Crippen molar-refractivity contribution >= 4 is 16.8 Å². The van der Waals surface area contributed by atoms with Crippen LogP contribution >= 0.6 is 0 Å². The number of nitrogens with zero attached hydrogens (tertiary/aromatic N) is 1. The maximum absolute atomic E-state index is 13.2. The molecule has 7 nitrogen and oxygen atoms in total. The molecular weight excluding hydrogens is 396 g/mol. The average molecular weight is 422 g/mol. The Hall–Kier alpha value is -3.32. The van der Waals surface area contributed by atoms with Gasteiger partial charge in [0.2, 0.25) is 5.91 Å². The van der Waals surface area contributed by atoms with Crippen molar-refractivity contribution in [2.45, 2.75) is 19.4 Å². The number of aryl methyl sites for hydroxylation is 1. The van der Waals surface area contributed by atoms with E-state index in [1.54, 1.807) is 19.1 Å². The Morgan fingerprint density at radius 2 is 1.81 bits per heavy atom. The number of amides is 1. The first-order chi connectivity index (χ1) is 15.0. The number of methoxy groups -OCH3 is 3. The van der Waals surface area contributed by atoms with Crippen molar-refractivity contribution in [2.75, 3.05) is 34.5 Å². The molecule has 0 saturated heterocycles. The summed E-state index contributed by atoms with van der Waals surface area (Å²) >= 11 is 0. The summed E-state index contributed by atoms with van der Waals surface area (Å²) in [4.78, 5) is 30.8. The van der Waals surface area contributed by atoms with Crippen molar-refractivity contribution in [1.29, 1.82) is 0 Å². The number of pyridine rings is 1. The highest BCUT2D eigenvalue weighted by Gasteiger charge is 2.35. The molecule has 2 heterocycles. The lowest BCUT2D eigenvalue weighted by Crippen LogP contribution is -2.44. The first-order valence-corrected chi connectivity index (χ1v) is 10.1. The van der Waals surface area contributed by atoms with Gasteiger partial charge in [0.1, 0.15) is 6.61 Å². The maximum atomic E-state index is 13.2. The van der Waals surface area contributed by atoms with Crippen LogP contribution < -0.4 is 15.0 Å². The van der Waals surface area contributed by atoms with Crippen molar-refractivity contribution < 1.29 is 19.0 Å². The molecule has 2 aromatic carbocycles. The van der Waals surface area contributed by atoms with Crippen molar-refractivity contribution in [3.05, 3.63) is 69.0 Å². The summed E-state index contributed by atoms with van der Waals surface area (Å²) in [5, 5.41) is 0.909. The van der Waals surface area contributed by atoms with Gasteiger partial charge in [-0.25, -0.2) is 0 Å². The Labute approximate surface area is 180 Å². The van der Waals surface area contributed by atoms with E-state index in [4.69, 9.17) is 14.2 Å². The Balaban J connectivity index is 1.94. The van der Waals surface area contributed by atoms with Crippen LogP contribution in [0.4, 0.5) is 0 Å². The summed E-state index contributed by atoms with van der Waals surface area (Å²) in [5.41, 5.74) is 3.99. The molecule has 4 rings (SSSR count). The van der Waals surface area contributed by atoms with Gasteiger partial charge in [0.15, 0.2) is 11.5 Å². The predicted molar refractivity (Wildman–Crippen MR) is 118 cm³/mol. The third kappa shape index (κ3) is 3.77. The zero-order chi connectivity index (χ0) is 22.1. The third-order valence-corrected chi connectivity index (χ3v) is 5.79. The van der Waals surface area contributed by atoms with Gasteiger partial charge in [-0.05, 0) is 59.7 Å². The van der Waals surface area contributed by atoms with E-state index in [2.05, 4.69) is 4.98 Å². The van der Waals surface area contributed by atoms with Gasteiger partial charge in [0.25, 0.3) is 5.56 Å². The monoisotopic (exact) mass is 422 g/mol. The number of ether oxygens (including phenoxy) is 3. The fourth-order valence-corrected chi connectivity index (χ4v) is 4.29. The number of fused-ring (bicyclic) bond motifs is 2. The predicted octanol–water partition coefficient (Wildman–Crippen LogP) is 2.97. The minimum atomic E-state index is -0.555. The molecule has 0 aliphatic carbocycles. The van der Waals surface area contributed by atoms with E-state index >= 15 is 0 Å². The van der Waals surface area contributed by atoms with Gasteiger partial charge in [-0.1, -0.05) is 12.1 Å². The van der Waals surface area contributed by atoms with Gasteiger partial charge in [0.05, 0.1) is 20.3 Å². The Morgan fingerprint density at radius 3 is 2.52 bits per heavy atom. The summed E-state index contributed by atoms with van der Waals surface area (Å²) in [5.74, 6) is 1.01. The smallest absolute Gasteiger partial charge is 0.254 e. The second kappa shape index (κ2) is 8.43. The molecule has 7 heteroatoms. The molecule has 1 aromatic heterocycles. The largest absolute Gasteiger partial charge is 0.493 e. The zero-order valence-electron chi connectivity index (χ0n) is 18.2. The van der Waals surface area contributed by atoms with E-state index in [1.165, 1.54) is 7.11 Å². The normalized spacial score (nSPS) is 15.6.